The summed E-state index contributed by atoms with van der Waals surface area (Å²) in [6.45, 7) is 2.64. The maximum Gasteiger partial charge on any atom is 0.252 e. The lowest BCUT2D eigenvalue weighted by Gasteiger charge is -2.30. The van der Waals surface area contributed by atoms with Crippen molar-refractivity contribution in [2.75, 3.05) is 20.2 Å². The van der Waals surface area contributed by atoms with E-state index in [4.69, 9.17) is 9.84 Å². The molecule has 0 amide bonds. The van der Waals surface area contributed by atoms with E-state index in [9.17, 15) is 8.42 Å². The maximum absolute atomic E-state index is 12.5. The molecule has 0 bridgehead atoms. The summed E-state index contributed by atoms with van der Waals surface area (Å²) in [4.78, 5) is 0.707. The fourth-order valence-corrected chi connectivity index (χ4v) is 5.33. The van der Waals surface area contributed by atoms with Crippen LogP contribution >= 0.6 is 11.3 Å². The van der Waals surface area contributed by atoms with Gasteiger partial charge in [0.15, 0.2) is 0 Å². The van der Waals surface area contributed by atoms with Crippen LogP contribution in [0.25, 0.3) is 0 Å². The second-order valence-electron chi connectivity index (χ2n) is 4.69. The molecule has 0 radical (unpaired) electrons. The van der Waals surface area contributed by atoms with Gasteiger partial charge in [0, 0.05) is 25.1 Å². The number of aliphatic hydroxyl groups is 1. The van der Waals surface area contributed by atoms with Crippen LogP contribution in [0, 0.1) is 6.92 Å². The Bertz CT molecular complexity index is 538. The molecule has 1 unspecified atom stereocenters. The Morgan fingerprint density at radius 3 is 2.89 bits per heavy atom. The molecule has 1 aromatic heterocycles. The summed E-state index contributed by atoms with van der Waals surface area (Å²) in [6, 6.07) is 1.64. The number of methoxy groups -OCH3 is 1. The lowest BCUT2D eigenvalue weighted by atomic mass is 10.1. The summed E-state index contributed by atoms with van der Waals surface area (Å²) in [6.07, 6.45) is 1.69. The number of hydrogen-bond donors (Lipinski definition) is 1. The number of hydrogen-bond acceptors (Lipinski definition) is 5. The van der Waals surface area contributed by atoms with Gasteiger partial charge in [0.25, 0.3) is 10.0 Å². The Kier molecular flexibility index (Phi) is 4.62. The van der Waals surface area contributed by atoms with Gasteiger partial charge in [0.05, 0.1) is 12.7 Å². The molecule has 1 saturated heterocycles. The zero-order valence-corrected chi connectivity index (χ0v) is 12.8. The minimum absolute atomic E-state index is 0.0260. The first kappa shape index (κ1) is 14.9. The van der Waals surface area contributed by atoms with E-state index in [1.165, 1.54) is 4.31 Å². The Labute approximate surface area is 117 Å². The second-order valence-corrected chi connectivity index (χ2v) is 7.99. The van der Waals surface area contributed by atoms with Crippen molar-refractivity contribution < 1.29 is 18.3 Å². The van der Waals surface area contributed by atoms with Crippen LogP contribution in [0.1, 0.15) is 23.3 Å². The van der Waals surface area contributed by atoms with Crippen molar-refractivity contribution in [3.63, 3.8) is 0 Å². The quantitative estimate of drug-likeness (QED) is 0.912. The average Bonchev–Trinajstić information content (AvgIpc) is 2.80. The summed E-state index contributed by atoms with van der Waals surface area (Å²) in [5, 5.41) is 9.17. The molecule has 2 heterocycles. The molecule has 108 valence electrons. The van der Waals surface area contributed by atoms with Crippen LogP contribution in [-0.4, -0.2) is 44.1 Å². The fourth-order valence-electron chi connectivity index (χ4n) is 2.22. The molecule has 19 heavy (non-hydrogen) atoms. The lowest BCUT2D eigenvalue weighted by Crippen LogP contribution is -2.42. The van der Waals surface area contributed by atoms with Gasteiger partial charge in [0.2, 0.25) is 0 Å². The van der Waals surface area contributed by atoms with Crippen molar-refractivity contribution in [3.05, 3.63) is 16.5 Å². The Morgan fingerprint density at radius 1 is 1.58 bits per heavy atom. The van der Waals surface area contributed by atoms with Crippen molar-refractivity contribution in [2.24, 2.45) is 0 Å². The molecular formula is C12H19NO4S2. The van der Waals surface area contributed by atoms with Gasteiger partial charge < -0.3 is 9.84 Å². The highest BCUT2D eigenvalue weighted by atomic mass is 32.2. The van der Waals surface area contributed by atoms with E-state index < -0.39 is 10.0 Å². The zero-order chi connectivity index (χ0) is 14.0. The monoisotopic (exact) mass is 305 g/mol. The van der Waals surface area contributed by atoms with Gasteiger partial charge in [-0.2, -0.15) is 4.31 Å². The van der Waals surface area contributed by atoms with Crippen LogP contribution in [0.3, 0.4) is 0 Å². The molecule has 0 saturated carbocycles. The second kappa shape index (κ2) is 5.88. The maximum atomic E-state index is 12.5. The molecule has 0 spiro atoms. The first-order valence-corrected chi connectivity index (χ1v) is 8.47. The highest BCUT2D eigenvalue weighted by molar-refractivity contribution is 7.91. The zero-order valence-electron chi connectivity index (χ0n) is 11.1. The predicted octanol–water partition coefficient (Wildman–Crippen LogP) is 1.35. The van der Waals surface area contributed by atoms with Gasteiger partial charge in [-0.3, -0.25) is 0 Å². The Morgan fingerprint density at radius 2 is 2.32 bits per heavy atom. The third-order valence-electron chi connectivity index (χ3n) is 3.41. The highest BCUT2D eigenvalue weighted by Gasteiger charge is 2.31. The van der Waals surface area contributed by atoms with E-state index in [1.807, 2.05) is 6.92 Å². The fraction of sp³-hybridized carbons (Fsp3) is 0.667. The van der Waals surface area contributed by atoms with E-state index in [2.05, 4.69) is 0 Å². The molecule has 0 aliphatic carbocycles. The first-order valence-electron chi connectivity index (χ1n) is 6.22. The molecule has 1 fully saturated rings. The van der Waals surface area contributed by atoms with Crippen LogP contribution < -0.4 is 0 Å². The van der Waals surface area contributed by atoms with Crippen LogP contribution in [-0.2, 0) is 21.4 Å². The molecule has 5 nitrogen and oxygen atoms in total. The Hall–Kier alpha value is -0.470. The van der Waals surface area contributed by atoms with E-state index in [0.717, 1.165) is 29.7 Å². The largest absolute Gasteiger partial charge is 0.391 e. The van der Waals surface area contributed by atoms with Gasteiger partial charge in [-0.1, -0.05) is 0 Å². The summed E-state index contributed by atoms with van der Waals surface area (Å²) in [7, 11) is -1.85. The third kappa shape index (κ3) is 3.00. The predicted molar refractivity (Wildman–Crippen MR) is 73.8 cm³/mol. The summed E-state index contributed by atoms with van der Waals surface area (Å²) >= 11 is 1.15. The molecule has 1 atom stereocenters. The first-order chi connectivity index (χ1) is 8.98. The van der Waals surface area contributed by atoms with Crippen LogP contribution in [0.2, 0.25) is 0 Å². The van der Waals surface area contributed by atoms with Crippen molar-refractivity contribution in [1.82, 2.24) is 4.31 Å². The highest BCUT2D eigenvalue weighted by Crippen LogP contribution is 2.30. The number of sulfonamides is 1. The number of ether oxygens (including phenoxy) is 1. The number of nitrogens with zero attached hydrogens (tertiary/aromatic N) is 1. The summed E-state index contributed by atoms with van der Waals surface area (Å²) in [5.74, 6) is 0. The van der Waals surface area contributed by atoms with E-state index in [0.29, 0.717) is 22.2 Å². The number of thiophene rings is 1. The number of aliphatic hydroxyl groups excluding tert-OH is 1. The molecule has 1 aliphatic rings. The van der Waals surface area contributed by atoms with Gasteiger partial charge >= 0.3 is 0 Å². The van der Waals surface area contributed by atoms with Gasteiger partial charge in [-0.15, -0.1) is 11.3 Å². The standard InChI is InChI=1S/C12H19NO4S2/c1-9-6-12(18-11(9)8-14)19(15,16)13-5-3-4-10(7-13)17-2/h6,10,14H,3-5,7-8H2,1-2H3. The van der Waals surface area contributed by atoms with Gasteiger partial charge in [0.1, 0.15) is 4.21 Å². The summed E-state index contributed by atoms with van der Waals surface area (Å²) in [5.41, 5.74) is 0.825. The number of piperidine rings is 1. The van der Waals surface area contributed by atoms with E-state index in [-0.39, 0.29) is 12.7 Å². The smallest absolute Gasteiger partial charge is 0.252 e. The van der Waals surface area contributed by atoms with Crippen molar-refractivity contribution >= 4 is 21.4 Å². The normalized spacial score (nSPS) is 21.7. The van der Waals surface area contributed by atoms with Crippen molar-refractivity contribution in [2.45, 2.75) is 36.7 Å². The lowest BCUT2D eigenvalue weighted by molar-refractivity contribution is 0.0572. The van der Waals surface area contributed by atoms with Gasteiger partial charge in [-0.05, 0) is 31.4 Å². The Balaban J connectivity index is 2.25. The molecule has 1 N–H and O–H groups in total. The minimum Gasteiger partial charge on any atom is -0.391 e. The van der Waals surface area contributed by atoms with Crippen LogP contribution in [0.15, 0.2) is 10.3 Å². The average molecular weight is 305 g/mol. The van der Waals surface area contributed by atoms with Crippen molar-refractivity contribution in [1.29, 1.82) is 0 Å². The molecule has 1 aliphatic heterocycles. The molecular weight excluding hydrogens is 286 g/mol. The SMILES string of the molecule is COC1CCCN(S(=O)(=O)c2cc(C)c(CO)s2)C1. The molecule has 1 aromatic rings. The van der Waals surface area contributed by atoms with E-state index >= 15 is 0 Å². The van der Waals surface area contributed by atoms with Gasteiger partial charge in [-0.25, -0.2) is 8.42 Å². The molecule has 7 heteroatoms. The van der Waals surface area contributed by atoms with Crippen LogP contribution in [0.5, 0.6) is 0 Å². The molecule has 2 rings (SSSR count). The molecule has 0 aromatic carbocycles. The summed E-state index contributed by atoms with van der Waals surface area (Å²) < 4.78 is 32.1. The number of aryl methyl sites for hydroxylation is 1. The minimum atomic E-state index is -3.46. The van der Waals surface area contributed by atoms with Crippen LogP contribution in [0.4, 0.5) is 0 Å². The third-order valence-corrected chi connectivity index (χ3v) is 6.95. The van der Waals surface area contributed by atoms with Crippen molar-refractivity contribution in [3.8, 4) is 0 Å². The van der Waals surface area contributed by atoms with E-state index in [1.54, 1.807) is 13.2 Å². The topological polar surface area (TPSA) is 66.8 Å². The number of rotatable bonds is 4.